The lowest BCUT2D eigenvalue weighted by atomic mass is 10.2. The fourth-order valence-electron chi connectivity index (χ4n) is 1.20. The largest absolute Gasteiger partial charge is 0.350 e. The molecule has 20 heavy (non-hydrogen) atoms. The lowest BCUT2D eigenvalue weighted by Crippen LogP contribution is -2.27. The Kier molecular flexibility index (Phi) is 9.31. The van der Waals surface area contributed by atoms with Gasteiger partial charge >= 0.3 is 0 Å². The second-order valence-corrected chi connectivity index (χ2v) is 4.27. The Labute approximate surface area is 120 Å². The molecule has 1 rings (SSSR count). The van der Waals surface area contributed by atoms with Gasteiger partial charge in [0.2, 0.25) is 11.8 Å². The van der Waals surface area contributed by atoms with E-state index in [4.69, 9.17) is 0 Å². The van der Waals surface area contributed by atoms with Crippen molar-refractivity contribution in [2.45, 2.75) is 26.4 Å². The van der Waals surface area contributed by atoms with Gasteiger partial charge in [0, 0.05) is 12.6 Å². The van der Waals surface area contributed by atoms with Crippen LogP contribution in [0.25, 0.3) is 0 Å². The van der Waals surface area contributed by atoms with E-state index in [0.717, 1.165) is 5.56 Å². The van der Waals surface area contributed by atoms with Crippen molar-refractivity contribution in [2.24, 2.45) is 0 Å². The molecule has 0 bridgehead atoms. The van der Waals surface area contributed by atoms with Gasteiger partial charge in [-0.05, 0) is 31.6 Å². The molecule has 2 amide bonds. The van der Waals surface area contributed by atoms with Gasteiger partial charge in [-0.1, -0.05) is 43.5 Å². The second kappa shape index (κ2) is 10.6. The summed E-state index contributed by atoms with van der Waals surface area (Å²) in [5.41, 5.74) is 1.09. The molecular formula is C16H22N2O2. The van der Waals surface area contributed by atoms with Crippen LogP contribution >= 0.6 is 0 Å². The Hall–Kier alpha value is -2.36. The SMILES string of the molecule is C=CC(=O)NC(C)C.C=CC(=O)NCc1ccccc1. The Morgan fingerprint density at radius 2 is 1.65 bits per heavy atom. The number of benzene rings is 1. The van der Waals surface area contributed by atoms with Crippen LogP contribution in [0.2, 0.25) is 0 Å². The first-order valence-electron chi connectivity index (χ1n) is 6.36. The molecular weight excluding hydrogens is 252 g/mol. The second-order valence-electron chi connectivity index (χ2n) is 4.27. The van der Waals surface area contributed by atoms with E-state index in [-0.39, 0.29) is 17.9 Å². The zero-order chi connectivity index (χ0) is 15.4. The van der Waals surface area contributed by atoms with Gasteiger partial charge < -0.3 is 10.6 Å². The molecule has 4 nitrogen and oxygen atoms in total. The molecule has 4 heteroatoms. The highest BCUT2D eigenvalue weighted by Crippen LogP contribution is 1.96. The molecule has 0 saturated carbocycles. The molecule has 0 heterocycles. The minimum absolute atomic E-state index is 0.111. The first-order valence-corrected chi connectivity index (χ1v) is 6.36. The Balaban J connectivity index is 0.000000396. The lowest BCUT2D eigenvalue weighted by molar-refractivity contribution is -0.117. The fourth-order valence-corrected chi connectivity index (χ4v) is 1.20. The normalized spacial score (nSPS) is 8.95. The molecule has 0 spiro atoms. The van der Waals surface area contributed by atoms with Crippen molar-refractivity contribution in [1.29, 1.82) is 0 Å². The van der Waals surface area contributed by atoms with Gasteiger partial charge in [-0.25, -0.2) is 0 Å². The van der Waals surface area contributed by atoms with E-state index in [2.05, 4.69) is 23.8 Å². The molecule has 0 aliphatic carbocycles. The maximum absolute atomic E-state index is 10.8. The number of carbonyl (C=O) groups is 2. The highest BCUT2D eigenvalue weighted by Gasteiger charge is 1.94. The summed E-state index contributed by atoms with van der Waals surface area (Å²) in [5, 5.41) is 5.33. The van der Waals surface area contributed by atoms with Crippen molar-refractivity contribution >= 4 is 11.8 Å². The van der Waals surface area contributed by atoms with Crippen LogP contribution in [0.15, 0.2) is 55.6 Å². The molecule has 0 aliphatic rings. The average Bonchev–Trinajstić information content (AvgIpc) is 2.45. The zero-order valence-electron chi connectivity index (χ0n) is 12.1. The highest BCUT2D eigenvalue weighted by molar-refractivity contribution is 5.87. The number of amides is 2. The minimum Gasteiger partial charge on any atom is -0.350 e. The zero-order valence-corrected chi connectivity index (χ0v) is 12.1. The van der Waals surface area contributed by atoms with E-state index in [9.17, 15) is 9.59 Å². The van der Waals surface area contributed by atoms with Gasteiger partial charge in [0.1, 0.15) is 0 Å². The highest BCUT2D eigenvalue weighted by atomic mass is 16.2. The van der Waals surface area contributed by atoms with Crippen LogP contribution in [0.3, 0.4) is 0 Å². The van der Waals surface area contributed by atoms with Crippen LogP contribution in [-0.4, -0.2) is 17.9 Å². The summed E-state index contributed by atoms with van der Waals surface area (Å²) >= 11 is 0. The number of hydrogen-bond donors (Lipinski definition) is 2. The average molecular weight is 274 g/mol. The number of hydrogen-bond acceptors (Lipinski definition) is 2. The molecule has 0 aromatic heterocycles. The lowest BCUT2D eigenvalue weighted by Gasteiger charge is -2.02. The predicted molar refractivity (Wildman–Crippen MR) is 82.0 cm³/mol. The van der Waals surface area contributed by atoms with Gasteiger partial charge in [0.15, 0.2) is 0 Å². The summed E-state index contributed by atoms with van der Waals surface area (Å²) in [6.45, 7) is 11.0. The molecule has 108 valence electrons. The van der Waals surface area contributed by atoms with E-state index >= 15 is 0 Å². The van der Waals surface area contributed by atoms with Crippen molar-refractivity contribution in [2.75, 3.05) is 0 Å². The fraction of sp³-hybridized carbons (Fsp3) is 0.250. The van der Waals surface area contributed by atoms with Gasteiger partial charge in [0.25, 0.3) is 0 Å². The summed E-state index contributed by atoms with van der Waals surface area (Å²) < 4.78 is 0. The predicted octanol–water partition coefficient (Wildman–Crippen LogP) is 2.19. The van der Waals surface area contributed by atoms with Crippen molar-refractivity contribution < 1.29 is 9.59 Å². The van der Waals surface area contributed by atoms with Gasteiger partial charge in [-0.2, -0.15) is 0 Å². The summed E-state index contributed by atoms with van der Waals surface area (Å²) in [6, 6.07) is 9.96. The summed E-state index contributed by atoms with van der Waals surface area (Å²) in [5.74, 6) is -0.251. The summed E-state index contributed by atoms with van der Waals surface area (Å²) in [7, 11) is 0. The van der Waals surface area contributed by atoms with E-state index in [0.29, 0.717) is 6.54 Å². The van der Waals surface area contributed by atoms with Crippen LogP contribution in [0, 0.1) is 0 Å². The first-order chi connectivity index (χ1) is 9.49. The third-order valence-corrected chi connectivity index (χ3v) is 2.11. The van der Waals surface area contributed by atoms with Crippen molar-refractivity contribution in [3.8, 4) is 0 Å². The Morgan fingerprint density at radius 1 is 1.10 bits per heavy atom. The molecule has 0 radical (unpaired) electrons. The van der Waals surface area contributed by atoms with E-state index in [1.165, 1.54) is 12.2 Å². The van der Waals surface area contributed by atoms with Crippen molar-refractivity contribution in [1.82, 2.24) is 10.6 Å². The quantitative estimate of drug-likeness (QED) is 0.809. The molecule has 0 saturated heterocycles. The van der Waals surface area contributed by atoms with Crippen LogP contribution in [0.5, 0.6) is 0 Å². The molecule has 1 aromatic carbocycles. The number of nitrogens with one attached hydrogen (secondary N) is 2. The van der Waals surface area contributed by atoms with Crippen molar-refractivity contribution in [3.05, 3.63) is 61.2 Å². The van der Waals surface area contributed by atoms with Crippen LogP contribution in [0.4, 0.5) is 0 Å². The van der Waals surface area contributed by atoms with Gasteiger partial charge in [0.05, 0.1) is 0 Å². The maximum Gasteiger partial charge on any atom is 0.243 e. The smallest absolute Gasteiger partial charge is 0.243 e. The number of carbonyl (C=O) groups excluding carboxylic acids is 2. The van der Waals surface area contributed by atoms with Gasteiger partial charge in [-0.15, -0.1) is 0 Å². The standard InChI is InChI=1S/C10H11NO.C6H11NO/c1-2-10(12)11-8-9-6-4-3-5-7-9;1-4-6(8)7-5(2)3/h2-7H,1,8H2,(H,11,12);4-5H,1H2,2-3H3,(H,7,8). The topological polar surface area (TPSA) is 58.2 Å². The van der Waals surface area contributed by atoms with Crippen LogP contribution < -0.4 is 10.6 Å². The number of rotatable bonds is 5. The maximum atomic E-state index is 10.8. The molecule has 0 atom stereocenters. The first kappa shape index (κ1) is 17.6. The third kappa shape index (κ3) is 9.65. The van der Waals surface area contributed by atoms with E-state index in [1.807, 2.05) is 44.2 Å². The van der Waals surface area contributed by atoms with Crippen LogP contribution in [0.1, 0.15) is 19.4 Å². The molecule has 0 aliphatic heterocycles. The molecule has 1 aromatic rings. The molecule has 0 unspecified atom stereocenters. The Morgan fingerprint density at radius 3 is 2.05 bits per heavy atom. The van der Waals surface area contributed by atoms with E-state index in [1.54, 1.807) is 0 Å². The summed E-state index contributed by atoms with van der Waals surface area (Å²) in [6.07, 6.45) is 2.53. The molecule has 2 N–H and O–H groups in total. The van der Waals surface area contributed by atoms with Gasteiger partial charge in [-0.3, -0.25) is 9.59 Å². The van der Waals surface area contributed by atoms with Crippen LogP contribution in [-0.2, 0) is 16.1 Å². The third-order valence-electron chi connectivity index (χ3n) is 2.11. The molecule has 0 fully saturated rings. The minimum atomic E-state index is -0.140. The monoisotopic (exact) mass is 274 g/mol. The van der Waals surface area contributed by atoms with E-state index < -0.39 is 0 Å². The summed E-state index contributed by atoms with van der Waals surface area (Å²) in [4.78, 5) is 21.1. The Bertz CT molecular complexity index is 439. The van der Waals surface area contributed by atoms with Crippen molar-refractivity contribution in [3.63, 3.8) is 0 Å².